The fraction of sp³-hybridized carbons (Fsp3) is 0.417. The second-order valence-corrected chi connectivity index (χ2v) is 4.08. The number of nitrogens with zero attached hydrogens (tertiary/aromatic N) is 1. The van der Waals surface area contributed by atoms with Crippen molar-refractivity contribution in [2.24, 2.45) is 10.9 Å². The first kappa shape index (κ1) is 8.49. The molecule has 0 aliphatic carbocycles. The zero-order valence-electron chi connectivity index (χ0n) is 8.25. The van der Waals surface area contributed by atoms with Crippen LogP contribution in [0.25, 0.3) is 0 Å². The highest BCUT2D eigenvalue weighted by Crippen LogP contribution is 2.26. The van der Waals surface area contributed by atoms with Crippen LogP contribution in [-0.4, -0.2) is 6.21 Å². The lowest BCUT2D eigenvalue weighted by Crippen LogP contribution is -1.93. The number of hydrogen-bond donors (Lipinski definition) is 0. The molecule has 0 bridgehead atoms. The van der Waals surface area contributed by atoms with Gasteiger partial charge in [-0.15, -0.1) is 0 Å². The summed E-state index contributed by atoms with van der Waals surface area (Å²) in [6.45, 7) is 4.49. The van der Waals surface area contributed by atoms with Crippen molar-refractivity contribution in [1.29, 1.82) is 0 Å². The van der Waals surface area contributed by atoms with Gasteiger partial charge in [0.2, 0.25) is 0 Å². The topological polar surface area (TPSA) is 12.4 Å². The van der Waals surface area contributed by atoms with Crippen molar-refractivity contribution in [3.05, 3.63) is 29.3 Å². The van der Waals surface area contributed by atoms with Gasteiger partial charge in [0, 0.05) is 12.6 Å². The predicted molar refractivity (Wildman–Crippen MR) is 56.8 cm³/mol. The third-order valence-corrected chi connectivity index (χ3v) is 2.34. The standard InChI is InChI=1S/C12H15N/c1-9(2)7-10-3-4-11-5-6-13-12(11)8-10/h3-4,6,8-9H,5,7H2,1-2H3. The average molecular weight is 173 g/mol. The molecule has 1 heteroatoms. The monoisotopic (exact) mass is 173 g/mol. The van der Waals surface area contributed by atoms with Crippen molar-refractivity contribution in [2.45, 2.75) is 26.7 Å². The van der Waals surface area contributed by atoms with Crippen molar-refractivity contribution in [3.63, 3.8) is 0 Å². The van der Waals surface area contributed by atoms with Crippen LogP contribution in [0.15, 0.2) is 23.2 Å². The van der Waals surface area contributed by atoms with Gasteiger partial charge in [-0.25, -0.2) is 0 Å². The van der Waals surface area contributed by atoms with Gasteiger partial charge in [-0.1, -0.05) is 26.0 Å². The van der Waals surface area contributed by atoms with E-state index in [1.165, 1.54) is 16.8 Å². The molecule has 0 spiro atoms. The molecule has 0 aromatic heterocycles. The summed E-state index contributed by atoms with van der Waals surface area (Å²) in [7, 11) is 0. The van der Waals surface area contributed by atoms with E-state index in [0.29, 0.717) is 0 Å². The Bertz CT molecular complexity index is 337. The SMILES string of the molecule is CC(C)Cc1ccc2c(c1)N=CC2. The van der Waals surface area contributed by atoms with Gasteiger partial charge in [0.25, 0.3) is 0 Å². The molecule has 0 N–H and O–H groups in total. The molecule has 0 saturated heterocycles. The molecule has 1 aromatic carbocycles. The Morgan fingerprint density at radius 1 is 1.38 bits per heavy atom. The van der Waals surface area contributed by atoms with E-state index in [1.807, 2.05) is 6.21 Å². The Morgan fingerprint density at radius 2 is 2.23 bits per heavy atom. The van der Waals surface area contributed by atoms with Gasteiger partial charge < -0.3 is 0 Å². The van der Waals surface area contributed by atoms with Crippen LogP contribution in [0.1, 0.15) is 25.0 Å². The number of benzene rings is 1. The van der Waals surface area contributed by atoms with Crippen molar-refractivity contribution in [1.82, 2.24) is 0 Å². The maximum Gasteiger partial charge on any atom is 0.0664 e. The molecule has 13 heavy (non-hydrogen) atoms. The molecule has 2 rings (SSSR count). The van der Waals surface area contributed by atoms with E-state index in [-0.39, 0.29) is 0 Å². The summed E-state index contributed by atoms with van der Waals surface area (Å²) >= 11 is 0. The maximum atomic E-state index is 4.34. The van der Waals surface area contributed by atoms with Crippen LogP contribution in [0.5, 0.6) is 0 Å². The van der Waals surface area contributed by atoms with Crippen LogP contribution in [0.3, 0.4) is 0 Å². The van der Waals surface area contributed by atoms with Gasteiger partial charge in [-0.3, -0.25) is 4.99 Å². The van der Waals surface area contributed by atoms with Crippen LogP contribution in [0.4, 0.5) is 5.69 Å². The summed E-state index contributed by atoms with van der Waals surface area (Å²) in [5, 5.41) is 0. The highest BCUT2D eigenvalue weighted by atomic mass is 14.7. The molecular weight excluding hydrogens is 158 g/mol. The molecule has 0 amide bonds. The largest absolute Gasteiger partial charge is 0.261 e. The molecule has 1 aliphatic rings. The van der Waals surface area contributed by atoms with Crippen molar-refractivity contribution < 1.29 is 0 Å². The fourth-order valence-corrected chi connectivity index (χ4v) is 1.74. The molecule has 1 nitrogen and oxygen atoms in total. The Morgan fingerprint density at radius 3 is 3.00 bits per heavy atom. The van der Waals surface area contributed by atoms with E-state index < -0.39 is 0 Å². The maximum absolute atomic E-state index is 4.34. The normalized spacial score (nSPS) is 13.8. The molecular formula is C12H15N. The zero-order chi connectivity index (χ0) is 9.26. The summed E-state index contributed by atoms with van der Waals surface area (Å²) in [6, 6.07) is 6.66. The molecule has 0 saturated carbocycles. The number of fused-ring (bicyclic) bond motifs is 1. The minimum atomic E-state index is 0.725. The first-order valence-electron chi connectivity index (χ1n) is 4.90. The van der Waals surface area contributed by atoms with E-state index in [1.54, 1.807) is 0 Å². The van der Waals surface area contributed by atoms with E-state index in [0.717, 1.165) is 18.8 Å². The molecule has 68 valence electrons. The average Bonchev–Trinajstić information content (AvgIpc) is 2.49. The van der Waals surface area contributed by atoms with Crippen molar-refractivity contribution in [3.8, 4) is 0 Å². The summed E-state index contributed by atoms with van der Waals surface area (Å²) in [6.07, 6.45) is 4.16. The van der Waals surface area contributed by atoms with Gasteiger partial charge in [-0.2, -0.15) is 0 Å². The first-order chi connectivity index (χ1) is 6.25. The van der Waals surface area contributed by atoms with Crippen LogP contribution in [0, 0.1) is 5.92 Å². The highest BCUT2D eigenvalue weighted by Gasteiger charge is 2.07. The van der Waals surface area contributed by atoms with Gasteiger partial charge in [-0.05, 0) is 29.5 Å². The van der Waals surface area contributed by atoms with E-state index in [9.17, 15) is 0 Å². The summed E-state index contributed by atoms with van der Waals surface area (Å²) in [5.74, 6) is 0.725. The van der Waals surface area contributed by atoms with Gasteiger partial charge in [0.15, 0.2) is 0 Å². The summed E-state index contributed by atoms with van der Waals surface area (Å²) < 4.78 is 0. The minimum Gasteiger partial charge on any atom is -0.261 e. The fourth-order valence-electron chi connectivity index (χ4n) is 1.74. The van der Waals surface area contributed by atoms with E-state index >= 15 is 0 Å². The Balaban J connectivity index is 2.25. The molecule has 0 atom stereocenters. The molecule has 0 fully saturated rings. The molecule has 1 aromatic rings. The third kappa shape index (κ3) is 1.80. The number of rotatable bonds is 2. The number of hydrogen-bond acceptors (Lipinski definition) is 1. The predicted octanol–water partition coefficient (Wildman–Crippen LogP) is 3.14. The molecule has 0 radical (unpaired) electrons. The van der Waals surface area contributed by atoms with E-state index in [2.05, 4.69) is 37.0 Å². The molecule has 1 aliphatic heterocycles. The Labute approximate surface area is 79.5 Å². The molecule has 0 unspecified atom stereocenters. The third-order valence-electron chi connectivity index (χ3n) is 2.34. The van der Waals surface area contributed by atoms with Crippen LogP contribution in [0.2, 0.25) is 0 Å². The zero-order valence-corrected chi connectivity index (χ0v) is 8.25. The number of aliphatic imine (C=N–C) groups is 1. The second-order valence-electron chi connectivity index (χ2n) is 4.08. The van der Waals surface area contributed by atoms with Crippen molar-refractivity contribution in [2.75, 3.05) is 0 Å². The second kappa shape index (κ2) is 3.33. The van der Waals surface area contributed by atoms with Gasteiger partial charge in [0.1, 0.15) is 0 Å². The molecule has 1 heterocycles. The van der Waals surface area contributed by atoms with Crippen LogP contribution in [-0.2, 0) is 12.8 Å². The Kier molecular flexibility index (Phi) is 2.17. The smallest absolute Gasteiger partial charge is 0.0664 e. The van der Waals surface area contributed by atoms with Crippen molar-refractivity contribution >= 4 is 11.9 Å². The van der Waals surface area contributed by atoms with Gasteiger partial charge >= 0.3 is 0 Å². The lowest BCUT2D eigenvalue weighted by Gasteiger charge is -2.06. The lowest BCUT2D eigenvalue weighted by atomic mass is 10.0. The summed E-state index contributed by atoms with van der Waals surface area (Å²) in [4.78, 5) is 4.34. The quantitative estimate of drug-likeness (QED) is 0.651. The lowest BCUT2D eigenvalue weighted by molar-refractivity contribution is 0.647. The van der Waals surface area contributed by atoms with Gasteiger partial charge in [0.05, 0.1) is 5.69 Å². The first-order valence-corrected chi connectivity index (χ1v) is 4.90. The van der Waals surface area contributed by atoms with Crippen LogP contribution < -0.4 is 0 Å². The highest BCUT2D eigenvalue weighted by molar-refractivity contribution is 5.75. The van der Waals surface area contributed by atoms with E-state index in [4.69, 9.17) is 0 Å². The summed E-state index contributed by atoms with van der Waals surface area (Å²) in [5.41, 5.74) is 3.96. The Hall–Kier alpha value is -1.11. The minimum absolute atomic E-state index is 0.725. The van der Waals surface area contributed by atoms with Crippen LogP contribution >= 0.6 is 0 Å².